The van der Waals surface area contributed by atoms with Crippen molar-refractivity contribution < 1.29 is 8.94 Å². The number of rotatable bonds is 4. The van der Waals surface area contributed by atoms with Crippen molar-refractivity contribution in [2.45, 2.75) is 38.8 Å². The van der Waals surface area contributed by atoms with Crippen LogP contribution < -0.4 is 0 Å². The van der Waals surface area contributed by atoms with Crippen molar-refractivity contribution >= 4 is 0 Å². The fourth-order valence-corrected chi connectivity index (χ4v) is 3.36. The van der Waals surface area contributed by atoms with E-state index in [-0.39, 0.29) is 0 Å². The van der Waals surface area contributed by atoms with Crippen molar-refractivity contribution in [1.29, 1.82) is 0 Å². The van der Waals surface area contributed by atoms with Gasteiger partial charge in [0.1, 0.15) is 17.7 Å². The standard InChI is InChI=1S/C19H21N3O2/c1-14-11-17(21-24-14)18-9-5-6-10-22(18)12-16-13-23-19(20-16)15-7-3-2-4-8-15/h2-4,7-8,11,13,18H,5-6,9-10,12H2,1H3/t18-/m0/s1. The number of hydrogen-bond donors (Lipinski definition) is 0. The molecule has 24 heavy (non-hydrogen) atoms. The zero-order valence-corrected chi connectivity index (χ0v) is 13.8. The summed E-state index contributed by atoms with van der Waals surface area (Å²) in [6.07, 6.45) is 5.30. The molecule has 1 aliphatic rings. The SMILES string of the molecule is Cc1cc([C@@H]2CCCCN2Cc2coc(-c3ccccc3)n2)no1. The fraction of sp³-hybridized carbons (Fsp3) is 0.368. The third-order valence-corrected chi connectivity index (χ3v) is 4.54. The maximum Gasteiger partial charge on any atom is 0.226 e. The van der Waals surface area contributed by atoms with Gasteiger partial charge in [0.05, 0.1) is 11.7 Å². The zero-order chi connectivity index (χ0) is 16.4. The number of piperidine rings is 1. The van der Waals surface area contributed by atoms with E-state index in [1.165, 1.54) is 12.8 Å². The Hall–Kier alpha value is -2.40. The van der Waals surface area contributed by atoms with Gasteiger partial charge in [0.25, 0.3) is 0 Å². The molecule has 1 aliphatic heterocycles. The molecule has 4 rings (SSSR count). The molecule has 0 bridgehead atoms. The molecule has 0 saturated carbocycles. The fourth-order valence-electron chi connectivity index (χ4n) is 3.36. The van der Waals surface area contributed by atoms with Crippen molar-refractivity contribution in [3.8, 4) is 11.5 Å². The molecule has 0 N–H and O–H groups in total. The third kappa shape index (κ3) is 3.12. The highest BCUT2D eigenvalue weighted by atomic mass is 16.5. The highest BCUT2D eigenvalue weighted by Gasteiger charge is 2.27. The highest BCUT2D eigenvalue weighted by molar-refractivity contribution is 5.52. The van der Waals surface area contributed by atoms with Crippen molar-refractivity contribution in [2.75, 3.05) is 6.54 Å². The van der Waals surface area contributed by atoms with Crippen LogP contribution in [0.5, 0.6) is 0 Å². The Bertz CT molecular complexity index is 794. The molecule has 3 aromatic rings. The number of likely N-dealkylation sites (tertiary alicyclic amines) is 1. The predicted molar refractivity (Wildman–Crippen MR) is 90.2 cm³/mol. The van der Waals surface area contributed by atoms with Crippen LogP contribution in [0.1, 0.15) is 42.5 Å². The van der Waals surface area contributed by atoms with Gasteiger partial charge in [0, 0.05) is 18.2 Å². The third-order valence-electron chi connectivity index (χ3n) is 4.54. The highest BCUT2D eigenvalue weighted by Crippen LogP contribution is 2.32. The largest absolute Gasteiger partial charge is 0.444 e. The van der Waals surface area contributed by atoms with E-state index < -0.39 is 0 Å². The predicted octanol–water partition coefficient (Wildman–Crippen LogP) is 4.37. The minimum absolute atomic E-state index is 0.299. The van der Waals surface area contributed by atoms with Crippen LogP contribution >= 0.6 is 0 Å². The number of aromatic nitrogens is 2. The Labute approximate surface area is 141 Å². The van der Waals surface area contributed by atoms with Gasteiger partial charge in [-0.25, -0.2) is 4.98 Å². The molecule has 2 aromatic heterocycles. The second kappa shape index (κ2) is 6.61. The van der Waals surface area contributed by atoms with Gasteiger partial charge < -0.3 is 8.94 Å². The Morgan fingerprint density at radius 3 is 2.88 bits per heavy atom. The Kier molecular flexibility index (Phi) is 4.17. The molecule has 3 heterocycles. The van der Waals surface area contributed by atoms with E-state index in [1.54, 1.807) is 6.26 Å². The summed E-state index contributed by atoms with van der Waals surface area (Å²) < 4.78 is 10.9. The molecule has 0 radical (unpaired) electrons. The van der Waals surface area contributed by atoms with Crippen LogP contribution in [-0.4, -0.2) is 21.6 Å². The van der Waals surface area contributed by atoms with Gasteiger partial charge in [-0.3, -0.25) is 4.90 Å². The van der Waals surface area contributed by atoms with Crippen LogP contribution in [0.3, 0.4) is 0 Å². The van der Waals surface area contributed by atoms with Gasteiger partial charge in [-0.05, 0) is 38.4 Å². The molecule has 0 spiro atoms. The first-order valence-corrected chi connectivity index (χ1v) is 8.47. The van der Waals surface area contributed by atoms with E-state index >= 15 is 0 Å². The molecule has 0 unspecified atom stereocenters. The monoisotopic (exact) mass is 323 g/mol. The normalized spacial score (nSPS) is 18.8. The lowest BCUT2D eigenvalue weighted by Crippen LogP contribution is -2.33. The van der Waals surface area contributed by atoms with Gasteiger partial charge >= 0.3 is 0 Å². The first-order valence-electron chi connectivity index (χ1n) is 8.47. The molecule has 0 amide bonds. The minimum atomic E-state index is 0.299. The van der Waals surface area contributed by atoms with Crippen LogP contribution in [-0.2, 0) is 6.54 Å². The Balaban J connectivity index is 1.52. The summed E-state index contributed by atoms with van der Waals surface area (Å²) in [7, 11) is 0. The summed E-state index contributed by atoms with van der Waals surface area (Å²) in [6, 6.07) is 12.3. The van der Waals surface area contributed by atoms with E-state index in [0.29, 0.717) is 11.9 Å². The van der Waals surface area contributed by atoms with Gasteiger partial charge in [-0.2, -0.15) is 0 Å². The van der Waals surface area contributed by atoms with E-state index in [9.17, 15) is 0 Å². The number of benzene rings is 1. The van der Waals surface area contributed by atoms with E-state index in [2.05, 4.69) is 15.0 Å². The van der Waals surface area contributed by atoms with E-state index in [4.69, 9.17) is 8.94 Å². The first-order chi connectivity index (χ1) is 11.8. The maximum absolute atomic E-state index is 5.67. The van der Waals surface area contributed by atoms with Crippen molar-refractivity contribution in [3.63, 3.8) is 0 Å². The lowest BCUT2D eigenvalue weighted by Gasteiger charge is -2.33. The Morgan fingerprint density at radius 1 is 1.21 bits per heavy atom. The molecule has 1 aromatic carbocycles. The summed E-state index contributed by atoms with van der Waals surface area (Å²) in [4.78, 5) is 7.08. The molecular weight excluding hydrogens is 302 g/mol. The topological polar surface area (TPSA) is 55.3 Å². The lowest BCUT2D eigenvalue weighted by atomic mass is 9.99. The number of nitrogens with zero attached hydrogens (tertiary/aromatic N) is 3. The second-order valence-corrected chi connectivity index (χ2v) is 6.35. The zero-order valence-electron chi connectivity index (χ0n) is 13.8. The Morgan fingerprint density at radius 2 is 2.08 bits per heavy atom. The molecule has 5 heteroatoms. The van der Waals surface area contributed by atoms with Crippen molar-refractivity contribution in [1.82, 2.24) is 15.0 Å². The van der Waals surface area contributed by atoms with Gasteiger partial charge in [-0.1, -0.05) is 29.8 Å². The molecule has 5 nitrogen and oxygen atoms in total. The summed E-state index contributed by atoms with van der Waals surface area (Å²) in [5, 5.41) is 4.22. The molecule has 1 saturated heterocycles. The lowest BCUT2D eigenvalue weighted by molar-refractivity contribution is 0.132. The van der Waals surface area contributed by atoms with Crippen LogP contribution in [0.2, 0.25) is 0 Å². The van der Waals surface area contributed by atoms with E-state index in [1.807, 2.05) is 43.3 Å². The quantitative estimate of drug-likeness (QED) is 0.714. The molecule has 1 atom stereocenters. The average molecular weight is 323 g/mol. The summed E-state index contributed by atoms with van der Waals surface area (Å²) in [5.41, 5.74) is 2.99. The number of oxazole rings is 1. The van der Waals surface area contributed by atoms with Gasteiger partial charge in [0.2, 0.25) is 5.89 Å². The van der Waals surface area contributed by atoms with Gasteiger partial charge in [-0.15, -0.1) is 0 Å². The minimum Gasteiger partial charge on any atom is -0.444 e. The average Bonchev–Trinajstić information content (AvgIpc) is 3.25. The van der Waals surface area contributed by atoms with Crippen molar-refractivity contribution in [3.05, 3.63) is 59.8 Å². The van der Waals surface area contributed by atoms with Gasteiger partial charge in [0.15, 0.2) is 0 Å². The maximum atomic E-state index is 5.67. The van der Waals surface area contributed by atoms with E-state index in [0.717, 1.165) is 42.2 Å². The smallest absolute Gasteiger partial charge is 0.226 e. The summed E-state index contributed by atoms with van der Waals surface area (Å²) >= 11 is 0. The van der Waals surface area contributed by atoms with Crippen LogP contribution in [0, 0.1) is 6.92 Å². The van der Waals surface area contributed by atoms with Crippen molar-refractivity contribution in [2.24, 2.45) is 0 Å². The number of aryl methyl sites for hydroxylation is 1. The molecule has 124 valence electrons. The summed E-state index contributed by atoms with van der Waals surface area (Å²) in [5.74, 6) is 1.54. The molecular formula is C19H21N3O2. The molecule has 0 aliphatic carbocycles. The van der Waals surface area contributed by atoms with Crippen LogP contribution in [0.4, 0.5) is 0 Å². The molecule has 1 fully saturated rings. The van der Waals surface area contributed by atoms with Crippen LogP contribution in [0.25, 0.3) is 11.5 Å². The second-order valence-electron chi connectivity index (χ2n) is 6.35. The number of hydrogen-bond acceptors (Lipinski definition) is 5. The summed E-state index contributed by atoms with van der Waals surface area (Å²) in [6.45, 7) is 3.75. The van der Waals surface area contributed by atoms with Crippen LogP contribution in [0.15, 0.2) is 51.6 Å². The first kappa shape index (κ1) is 15.1.